The zero-order chi connectivity index (χ0) is 9.72. The molecule has 2 nitrogen and oxygen atoms in total. The molecule has 0 aromatic heterocycles. The van der Waals surface area contributed by atoms with Crippen molar-refractivity contribution >= 4 is 21.6 Å². The maximum Gasteiger partial charge on any atom is 0.141 e. The molecule has 0 aliphatic carbocycles. The van der Waals surface area contributed by atoms with E-state index >= 15 is 0 Å². The van der Waals surface area contributed by atoms with Crippen molar-refractivity contribution in [2.24, 2.45) is 0 Å². The molecule has 0 saturated carbocycles. The number of phenols is 1. The molecule has 0 amide bonds. The number of hydrogen-bond acceptors (Lipinski definition) is 2. The van der Waals surface area contributed by atoms with Gasteiger partial charge >= 0.3 is 0 Å². The highest BCUT2D eigenvalue weighted by Crippen LogP contribution is 2.28. The molecule has 0 saturated heterocycles. The van der Waals surface area contributed by atoms with Crippen LogP contribution in [0.4, 0.5) is 5.69 Å². The summed E-state index contributed by atoms with van der Waals surface area (Å²) >= 11 is 3.26. The number of halogens is 1. The number of aromatic hydroxyl groups is 1. The standard InChI is InChI=1S/C7H8BrNO.C2H6/c1-4-2-5(8)3-6(9)7(4)10;1-2/h2-3,10H,9H2,1H3;1-2H3. The van der Waals surface area contributed by atoms with Crippen molar-refractivity contribution in [1.29, 1.82) is 0 Å². The predicted octanol–water partition coefficient (Wildman–Crippen LogP) is 3.07. The van der Waals surface area contributed by atoms with E-state index in [-0.39, 0.29) is 5.75 Å². The Hall–Kier alpha value is -0.700. The van der Waals surface area contributed by atoms with Crippen molar-refractivity contribution in [3.63, 3.8) is 0 Å². The molecule has 3 N–H and O–H groups in total. The largest absolute Gasteiger partial charge is 0.506 e. The lowest BCUT2D eigenvalue weighted by molar-refractivity contribution is 0.473. The summed E-state index contributed by atoms with van der Waals surface area (Å²) in [6.07, 6.45) is 0. The molecular weight excluding hydrogens is 218 g/mol. The average Bonchev–Trinajstić information content (AvgIpc) is 2.04. The van der Waals surface area contributed by atoms with Gasteiger partial charge in [0.15, 0.2) is 0 Å². The van der Waals surface area contributed by atoms with Gasteiger partial charge in [0.25, 0.3) is 0 Å². The van der Waals surface area contributed by atoms with Crippen LogP contribution in [0, 0.1) is 6.92 Å². The molecule has 0 spiro atoms. The van der Waals surface area contributed by atoms with E-state index in [1.807, 2.05) is 19.9 Å². The van der Waals surface area contributed by atoms with Gasteiger partial charge in [-0.3, -0.25) is 0 Å². The summed E-state index contributed by atoms with van der Waals surface area (Å²) < 4.78 is 0.889. The van der Waals surface area contributed by atoms with Gasteiger partial charge in [0.05, 0.1) is 5.69 Å². The second-order valence-electron chi connectivity index (χ2n) is 2.16. The van der Waals surface area contributed by atoms with Crippen molar-refractivity contribution < 1.29 is 5.11 Å². The van der Waals surface area contributed by atoms with E-state index in [1.54, 1.807) is 13.0 Å². The highest BCUT2D eigenvalue weighted by Gasteiger charge is 2.00. The van der Waals surface area contributed by atoms with Crippen LogP contribution in [0.25, 0.3) is 0 Å². The van der Waals surface area contributed by atoms with Gasteiger partial charge in [0, 0.05) is 4.47 Å². The summed E-state index contributed by atoms with van der Waals surface area (Å²) in [4.78, 5) is 0. The molecule has 0 bridgehead atoms. The zero-order valence-electron chi connectivity index (χ0n) is 7.56. The van der Waals surface area contributed by atoms with E-state index in [2.05, 4.69) is 15.9 Å². The van der Waals surface area contributed by atoms with Crippen LogP contribution in [0.5, 0.6) is 5.75 Å². The lowest BCUT2D eigenvalue weighted by Crippen LogP contribution is -1.87. The van der Waals surface area contributed by atoms with Crippen LogP contribution in [-0.4, -0.2) is 5.11 Å². The first-order valence-electron chi connectivity index (χ1n) is 3.86. The Morgan fingerprint density at radius 3 is 2.25 bits per heavy atom. The fraction of sp³-hybridized carbons (Fsp3) is 0.333. The van der Waals surface area contributed by atoms with E-state index < -0.39 is 0 Å². The minimum atomic E-state index is 0.170. The first-order chi connectivity index (χ1) is 5.61. The quantitative estimate of drug-likeness (QED) is 0.533. The van der Waals surface area contributed by atoms with Gasteiger partial charge in [0.2, 0.25) is 0 Å². The van der Waals surface area contributed by atoms with E-state index in [9.17, 15) is 5.11 Å². The van der Waals surface area contributed by atoms with Crippen molar-refractivity contribution in [3.8, 4) is 5.75 Å². The van der Waals surface area contributed by atoms with Gasteiger partial charge < -0.3 is 10.8 Å². The molecule has 3 heteroatoms. The van der Waals surface area contributed by atoms with Crippen LogP contribution in [0.2, 0.25) is 0 Å². The SMILES string of the molecule is CC.Cc1cc(Br)cc(N)c1O. The van der Waals surface area contributed by atoms with Gasteiger partial charge in [-0.25, -0.2) is 0 Å². The van der Waals surface area contributed by atoms with Crippen molar-refractivity contribution in [2.45, 2.75) is 20.8 Å². The minimum Gasteiger partial charge on any atom is -0.506 e. The molecular formula is C9H14BrNO. The molecule has 0 fully saturated rings. The van der Waals surface area contributed by atoms with Gasteiger partial charge in [-0.2, -0.15) is 0 Å². The smallest absolute Gasteiger partial charge is 0.141 e. The highest BCUT2D eigenvalue weighted by atomic mass is 79.9. The van der Waals surface area contributed by atoms with E-state index in [1.165, 1.54) is 0 Å². The average molecular weight is 232 g/mol. The topological polar surface area (TPSA) is 46.2 Å². The molecule has 12 heavy (non-hydrogen) atoms. The Morgan fingerprint density at radius 2 is 1.83 bits per heavy atom. The van der Waals surface area contributed by atoms with Crippen molar-refractivity contribution in [2.75, 3.05) is 5.73 Å². The fourth-order valence-corrected chi connectivity index (χ4v) is 1.35. The maximum absolute atomic E-state index is 9.18. The first-order valence-corrected chi connectivity index (χ1v) is 4.65. The number of aryl methyl sites for hydroxylation is 1. The lowest BCUT2D eigenvalue weighted by atomic mass is 10.2. The molecule has 0 heterocycles. The van der Waals surface area contributed by atoms with Crippen molar-refractivity contribution in [3.05, 3.63) is 22.2 Å². The Morgan fingerprint density at radius 1 is 1.33 bits per heavy atom. The molecule has 0 aliphatic rings. The summed E-state index contributed by atoms with van der Waals surface area (Å²) in [5, 5.41) is 9.18. The summed E-state index contributed by atoms with van der Waals surface area (Å²) in [5.41, 5.74) is 6.63. The molecule has 0 aliphatic heterocycles. The van der Waals surface area contributed by atoms with E-state index in [0.717, 1.165) is 10.0 Å². The Kier molecular flexibility index (Phi) is 4.74. The minimum absolute atomic E-state index is 0.170. The number of nitrogens with two attached hydrogens (primary N) is 1. The van der Waals surface area contributed by atoms with Gasteiger partial charge in [-0.1, -0.05) is 29.8 Å². The van der Waals surface area contributed by atoms with E-state index in [4.69, 9.17) is 5.73 Å². The maximum atomic E-state index is 9.18. The second-order valence-corrected chi connectivity index (χ2v) is 3.08. The number of nitrogen functional groups attached to an aromatic ring is 1. The zero-order valence-corrected chi connectivity index (χ0v) is 9.14. The molecule has 1 aromatic carbocycles. The third-order valence-electron chi connectivity index (χ3n) is 1.29. The highest BCUT2D eigenvalue weighted by molar-refractivity contribution is 9.10. The number of phenolic OH excluding ortho intramolecular Hbond substituents is 1. The summed E-state index contributed by atoms with van der Waals surface area (Å²) in [5.74, 6) is 0.170. The van der Waals surface area contributed by atoms with Crippen LogP contribution < -0.4 is 5.73 Å². The normalized spacial score (nSPS) is 8.67. The van der Waals surface area contributed by atoms with Gasteiger partial charge in [-0.15, -0.1) is 0 Å². The Labute approximate surface area is 81.5 Å². The summed E-state index contributed by atoms with van der Waals surface area (Å²) in [6.45, 7) is 5.80. The van der Waals surface area contributed by atoms with Crippen LogP contribution in [0.3, 0.4) is 0 Å². The fourth-order valence-electron chi connectivity index (χ4n) is 0.761. The molecule has 1 rings (SSSR count). The van der Waals surface area contributed by atoms with E-state index in [0.29, 0.717) is 5.69 Å². The third-order valence-corrected chi connectivity index (χ3v) is 1.75. The molecule has 1 aromatic rings. The van der Waals surface area contributed by atoms with Crippen LogP contribution >= 0.6 is 15.9 Å². The number of hydrogen-bond donors (Lipinski definition) is 2. The van der Waals surface area contributed by atoms with Crippen LogP contribution in [0.1, 0.15) is 19.4 Å². The van der Waals surface area contributed by atoms with Crippen LogP contribution in [-0.2, 0) is 0 Å². The second kappa shape index (κ2) is 5.04. The molecule has 0 atom stereocenters. The molecule has 0 radical (unpaired) electrons. The molecule has 68 valence electrons. The van der Waals surface area contributed by atoms with Crippen LogP contribution in [0.15, 0.2) is 16.6 Å². The summed E-state index contributed by atoms with van der Waals surface area (Å²) in [6, 6.07) is 3.48. The number of benzene rings is 1. The van der Waals surface area contributed by atoms with Gasteiger partial charge in [0.1, 0.15) is 5.75 Å². The first kappa shape index (κ1) is 11.3. The lowest BCUT2D eigenvalue weighted by Gasteiger charge is -2.02. The Bertz CT molecular complexity index is 238. The summed E-state index contributed by atoms with van der Waals surface area (Å²) in [7, 11) is 0. The van der Waals surface area contributed by atoms with Gasteiger partial charge in [-0.05, 0) is 24.6 Å². The number of anilines is 1. The Balaban J connectivity index is 0.000000561. The number of rotatable bonds is 0. The monoisotopic (exact) mass is 231 g/mol. The predicted molar refractivity (Wildman–Crippen MR) is 56.3 cm³/mol. The van der Waals surface area contributed by atoms with Crippen molar-refractivity contribution in [1.82, 2.24) is 0 Å². The molecule has 0 unspecified atom stereocenters. The third kappa shape index (κ3) is 2.74.